The topological polar surface area (TPSA) is 121 Å². The van der Waals surface area contributed by atoms with E-state index in [9.17, 15) is 13.2 Å². The van der Waals surface area contributed by atoms with Crippen LogP contribution in [0.15, 0.2) is 23.1 Å². The molecule has 0 aliphatic carbocycles. The van der Waals surface area contributed by atoms with Crippen LogP contribution >= 0.6 is 0 Å². The summed E-state index contributed by atoms with van der Waals surface area (Å²) in [5.41, 5.74) is -0.528. The quantitative estimate of drug-likeness (QED) is 0.506. The van der Waals surface area contributed by atoms with Crippen LogP contribution in [0.5, 0.6) is 11.5 Å². The van der Waals surface area contributed by atoms with Crippen molar-refractivity contribution in [3.05, 3.63) is 18.2 Å². The van der Waals surface area contributed by atoms with Crippen molar-refractivity contribution in [3.8, 4) is 11.5 Å². The number of sulfonamides is 1. The lowest BCUT2D eigenvalue weighted by atomic mass is 10.2. The van der Waals surface area contributed by atoms with Gasteiger partial charge in [0.25, 0.3) is 0 Å². The molecule has 0 bridgehead atoms. The zero-order valence-corrected chi connectivity index (χ0v) is 19.2. The molecule has 31 heavy (non-hydrogen) atoms. The van der Waals surface area contributed by atoms with Gasteiger partial charge < -0.3 is 29.0 Å². The monoisotopic (exact) mass is 460 g/mol. The summed E-state index contributed by atoms with van der Waals surface area (Å²) in [7, 11) is -3.58. The number of nitrogens with one attached hydrogen (secondary N) is 2. The highest BCUT2D eigenvalue weighted by atomic mass is 32.2. The molecule has 1 aromatic rings. The number of carbonyl (C=O) groups is 1. The van der Waals surface area contributed by atoms with Gasteiger partial charge in [0.05, 0.1) is 26.4 Å². The number of carbonyl (C=O) groups excluding carboxylic acids is 1. The van der Waals surface area contributed by atoms with Crippen LogP contribution in [0.1, 0.15) is 27.7 Å². The van der Waals surface area contributed by atoms with Gasteiger partial charge in [-0.3, -0.25) is 0 Å². The second-order valence-corrected chi connectivity index (χ2v) is 9.63. The first-order chi connectivity index (χ1) is 14.6. The number of fused-ring (bicyclic) bond motifs is 1. The SMILES string of the molecule is C[C@@H]1CNS(=O)(=O)c2ccc(OCCOCCOCCNC(=O)OC(C)(C)C)cc2O1. The Hall–Kier alpha value is -2.08. The highest BCUT2D eigenvalue weighted by Crippen LogP contribution is 2.31. The molecular weight excluding hydrogens is 428 g/mol. The summed E-state index contributed by atoms with van der Waals surface area (Å²) < 4.78 is 54.0. The maximum absolute atomic E-state index is 12.2. The van der Waals surface area contributed by atoms with Crippen LogP contribution in [0.4, 0.5) is 4.79 Å². The number of amides is 1. The molecule has 1 amide bonds. The van der Waals surface area contributed by atoms with Crippen molar-refractivity contribution in [2.45, 2.75) is 44.3 Å². The predicted octanol–water partition coefficient (Wildman–Crippen LogP) is 1.68. The van der Waals surface area contributed by atoms with Crippen molar-refractivity contribution in [1.82, 2.24) is 10.0 Å². The molecule has 0 fully saturated rings. The first-order valence-corrected chi connectivity index (χ1v) is 11.6. The van der Waals surface area contributed by atoms with Crippen LogP contribution in [-0.2, 0) is 24.2 Å². The summed E-state index contributed by atoms with van der Waals surface area (Å²) in [5, 5.41) is 2.60. The highest BCUT2D eigenvalue weighted by molar-refractivity contribution is 7.89. The third-order valence-corrected chi connectivity index (χ3v) is 5.34. The molecule has 0 saturated carbocycles. The zero-order valence-electron chi connectivity index (χ0n) is 18.4. The summed E-state index contributed by atoms with van der Waals surface area (Å²) in [4.78, 5) is 11.6. The first kappa shape index (κ1) is 25.2. The summed E-state index contributed by atoms with van der Waals surface area (Å²) in [6, 6.07) is 4.61. The van der Waals surface area contributed by atoms with Crippen LogP contribution in [0.2, 0.25) is 0 Å². The normalized spacial score (nSPS) is 17.7. The third kappa shape index (κ3) is 9.30. The third-order valence-electron chi connectivity index (χ3n) is 3.88. The molecule has 1 aliphatic rings. The molecule has 2 N–H and O–H groups in total. The fourth-order valence-electron chi connectivity index (χ4n) is 2.54. The molecule has 1 atom stereocenters. The van der Waals surface area contributed by atoms with E-state index in [4.69, 9.17) is 23.7 Å². The lowest BCUT2D eigenvalue weighted by Gasteiger charge is -2.19. The maximum atomic E-state index is 12.2. The van der Waals surface area contributed by atoms with Gasteiger partial charge in [-0.2, -0.15) is 0 Å². The molecule has 1 aromatic carbocycles. The van der Waals surface area contributed by atoms with Gasteiger partial charge >= 0.3 is 6.09 Å². The molecule has 0 saturated heterocycles. The van der Waals surface area contributed by atoms with Crippen molar-refractivity contribution in [2.24, 2.45) is 0 Å². The van der Waals surface area contributed by atoms with Gasteiger partial charge in [-0.05, 0) is 39.8 Å². The minimum absolute atomic E-state index is 0.0961. The number of hydrogen-bond acceptors (Lipinski definition) is 8. The van der Waals surface area contributed by atoms with Gasteiger partial charge in [0, 0.05) is 19.2 Å². The molecule has 0 radical (unpaired) electrons. The highest BCUT2D eigenvalue weighted by Gasteiger charge is 2.26. The Labute approximate surface area is 183 Å². The van der Waals surface area contributed by atoms with Crippen molar-refractivity contribution in [3.63, 3.8) is 0 Å². The lowest BCUT2D eigenvalue weighted by molar-refractivity contribution is 0.0327. The number of ether oxygens (including phenoxy) is 5. The standard InChI is InChI=1S/C20H32N2O8S/c1-15-14-22-31(24,25)18-6-5-16(13-17(18)29-15)28-12-11-27-10-9-26-8-7-21-19(23)30-20(2,3)4/h5-6,13,15,22H,7-12,14H2,1-4H3,(H,21,23)/t15-/m1/s1. The minimum atomic E-state index is -3.58. The molecule has 2 rings (SSSR count). The Morgan fingerprint density at radius 3 is 2.55 bits per heavy atom. The molecule has 0 unspecified atom stereocenters. The van der Waals surface area contributed by atoms with Crippen molar-refractivity contribution >= 4 is 16.1 Å². The fourth-order valence-corrected chi connectivity index (χ4v) is 3.76. The van der Waals surface area contributed by atoms with Crippen LogP contribution in [-0.4, -0.2) is 72.3 Å². The van der Waals surface area contributed by atoms with E-state index in [-0.39, 0.29) is 23.3 Å². The second-order valence-electron chi connectivity index (χ2n) is 7.89. The fraction of sp³-hybridized carbons (Fsp3) is 0.650. The van der Waals surface area contributed by atoms with E-state index in [1.807, 2.05) is 0 Å². The molecule has 0 aromatic heterocycles. The Morgan fingerprint density at radius 1 is 1.16 bits per heavy atom. The summed E-state index contributed by atoms with van der Waals surface area (Å²) in [6.07, 6.45) is -0.759. The van der Waals surface area contributed by atoms with Crippen LogP contribution in [0, 0.1) is 0 Å². The van der Waals surface area contributed by atoms with E-state index >= 15 is 0 Å². The summed E-state index contributed by atoms with van der Waals surface area (Å²) in [5.74, 6) is 0.764. The van der Waals surface area contributed by atoms with Crippen molar-refractivity contribution < 1.29 is 36.9 Å². The second kappa shape index (κ2) is 11.5. The lowest BCUT2D eigenvalue weighted by Crippen LogP contribution is -2.34. The molecule has 0 spiro atoms. The van der Waals surface area contributed by atoms with Crippen LogP contribution in [0.3, 0.4) is 0 Å². The van der Waals surface area contributed by atoms with E-state index < -0.39 is 21.7 Å². The van der Waals surface area contributed by atoms with E-state index in [1.165, 1.54) is 6.07 Å². The molecule has 176 valence electrons. The average molecular weight is 461 g/mol. The van der Waals surface area contributed by atoms with Crippen molar-refractivity contribution in [2.75, 3.05) is 46.1 Å². The van der Waals surface area contributed by atoms with E-state index in [2.05, 4.69) is 10.0 Å². The number of hydrogen-bond donors (Lipinski definition) is 2. The van der Waals surface area contributed by atoms with Gasteiger partial charge in [-0.1, -0.05) is 0 Å². The summed E-state index contributed by atoms with van der Waals surface area (Å²) in [6.45, 7) is 9.48. The van der Waals surface area contributed by atoms with Gasteiger partial charge in [-0.25, -0.2) is 17.9 Å². The van der Waals surface area contributed by atoms with Crippen LogP contribution < -0.4 is 19.5 Å². The predicted molar refractivity (Wildman–Crippen MR) is 113 cm³/mol. The first-order valence-electron chi connectivity index (χ1n) is 10.1. The smallest absolute Gasteiger partial charge is 0.407 e. The van der Waals surface area contributed by atoms with E-state index in [0.717, 1.165) is 0 Å². The van der Waals surface area contributed by atoms with Crippen LogP contribution in [0.25, 0.3) is 0 Å². The molecule has 1 heterocycles. The number of benzene rings is 1. The maximum Gasteiger partial charge on any atom is 0.407 e. The summed E-state index contributed by atoms with van der Waals surface area (Å²) >= 11 is 0. The Morgan fingerprint density at radius 2 is 1.84 bits per heavy atom. The molecule has 1 aliphatic heterocycles. The Bertz CT molecular complexity index is 823. The zero-order chi connectivity index (χ0) is 22.9. The largest absolute Gasteiger partial charge is 0.491 e. The Kier molecular flexibility index (Phi) is 9.35. The molecule has 10 nitrogen and oxygen atoms in total. The Balaban J connectivity index is 1.58. The number of alkyl carbamates (subject to hydrolysis) is 1. The van der Waals surface area contributed by atoms with Gasteiger partial charge in [0.2, 0.25) is 10.0 Å². The minimum Gasteiger partial charge on any atom is -0.491 e. The van der Waals surface area contributed by atoms with Gasteiger partial charge in [0.15, 0.2) is 0 Å². The molecular formula is C20H32N2O8S. The van der Waals surface area contributed by atoms with Crippen molar-refractivity contribution in [1.29, 1.82) is 0 Å². The van der Waals surface area contributed by atoms with Gasteiger partial charge in [-0.15, -0.1) is 0 Å². The average Bonchev–Trinajstić information content (AvgIpc) is 2.77. The molecule has 11 heteroatoms. The number of rotatable bonds is 10. The van der Waals surface area contributed by atoms with Gasteiger partial charge in [0.1, 0.15) is 34.7 Å². The van der Waals surface area contributed by atoms with E-state index in [1.54, 1.807) is 39.8 Å². The van der Waals surface area contributed by atoms with E-state index in [0.29, 0.717) is 45.3 Å².